The molecule has 1 aliphatic rings. The van der Waals surface area contributed by atoms with Gasteiger partial charge in [-0.2, -0.15) is 0 Å². The van der Waals surface area contributed by atoms with Gasteiger partial charge in [0.2, 0.25) is 11.9 Å². The van der Waals surface area contributed by atoms with Crippen LogP contribution in [-0.4, -0.2) is 17.0 Å². The molecule has 1 aliphatic heterocycles. The van der Waals surface area contributed by atoms with E-state index in [1.54, 1.807) is 23.1 Å². The highest BCUT2D eigenvalue weighted by molar-refractivity contribution is 8.00. The predicted octanol–water partition coefficient (Wildman–Crippen LogP) is 4.61. The standard InChI is InChI=1S/C17H15N3O2S2/c1-11-2-5-13(6-3-11)18-16-19-20-17(24-16)23-9-12-4-7-14-15(8-12)22-10-21-14/h2-8H,9-10H2,1H3,(H,18,19). The van der Waals surface area contributed by atoms with Crippen molar-refractivity contribution in [3.05, 3.63) is 53.6 Å². The van der Waals surface area contributed by atoms with E-state index in [1.165, 1.54) is 11.1 Å². The van der Waals surface area contributed by atoms with Crippen molar-refractivity contribution in [1.82, 2.24) is 10.2 Å². The molecule has 1 aromatic heterocycles. The van der Waals surface area contributed by atoms with Gasteiger partial charge in [-0.1, -0.05) is 46.9 Å². The molecule has 0 spiro atoms. The second-order valence-electron chi connectivity index (χ2n) is 5.34. The van der Waals surface area contributed by atoms with E-state index >= 15 is 0 Å². The minimum Gasteiger partial charge on any atom is -0.454 e. The van der Waals surface area contributed by atoms with E-state index in [2.05, 4.69) is 34.6 Å². The van der Waals surface area contributed by atoms with Crippen LogP contribution in [0.5, 0.6) is 11.5 Å². The van der Waals surface area contributed by atoms with Gasteiger partial charge in [-0.15, -0.1) is 10.2 Å². The maximum atomic E-state index is 5.40. The minimum atomic E-state index is 0.302. The van der Waals surface area contributed by atoms with E-state index in [-0.39, 0.29) is 0 Å². The summed E-state index contributed by atoms with van der Waals surface area (Å²) in [5.41, 5.74) is 3.43. The number of rotatable bonds is 5. The number of thioether (sulfide) groups is 1. The van der Waals surface area contributed by atoms with E-state index in [1.807, 2.05) is 30.3 Å². The summed E-state index contributed by atoms with van der Waals surface area (Å²) in [5.74, 6) is 2.44. The highest BCUT2D eigenvalue weighted by atomic mass is 32.2. The third kappa shape index (κ3) is 3.47. The zero-order chi connectivity index (χ0) is 16.4. The van der Waals surface area contributed by atoms with Crippen LogP contribution in [-0.2, 0) is 5.75 Å². The molecule has 0 atom stereocenters. The Kier molecular flexibility index (Phi) is 4.27. The molecule has 7 heteroatoms. The topological polar surface area (TPSA) is 56.3 Å². The lowest BCUT2D eigenvalue weighted by atomic mass is 10.2. The third-order valence-corrected chi connectivity index (χ3v) is 5.55. The normalized spacial score (nSPS) is 12.4. The monoisotopic (exact) mass is 357 g/mol. The number of hydrogen-bond donors (Lipinski definition) is 1. The van der Waals surface area contributed by atoms with Gasteiger partial charge in [0.15, 0.2) is 15.8 Å². The number of anilines is 2. The van der Waals surface area contributed by atoms with Crippen molar-refractivity contribution in [2.75, 3.05) is 12.1 Å². The van der Waals surface area contributed by atoms with Crippen LogP contribution in [0.2, 0.25) is 0 Å². The second kappa shape index (κ2) is 6.70. The highest BCUT2D eigenvalue weighted by Crippen LogP contribution is 2.35. The molecule has 0 saturated carbocycles. The molecule has 0 amide bonds. The molecule has 24 heavy (non-hydrogen) atoms. The van der Waals surface area contributed by atoms with Crippen LogP contribution in [0.1, 0.15) is 11.1 Å². The van der Waals surface area contributed by atoms with Crippen LogP contribution in [0, 0.1) is 6.92 Å². The van der Waals surface area contributed by atoms with Crippen molar-refractivity contribution in [3.63, 3.8) is 0 Å². The molecular formula is C17H15N3O2S2. The average molecular weight is 357 g/mol. The van der Waals surface area contributed by atoms with Gasteiger partial charge in [-0.3, -0.25) is 0 Å². The Morgan fingerprint density at radius 1 is 1.08 bits per heavy atom. The van der Waals surface area contributed by atoms with Crippen LogP contribution < -0.4 is 14.8 Å². The lowest BCUT2D eigenvalue weighted by Gasteiger charge is -2.02. The van der Waals surface area contributed by atoms with Crippen LogP contribution in [0.25, 0.3) is 0 Å². The van der Waals surface area contributed by atoms with Crippen molar-refractivity contribution in [3.8, 4) is 11.5 Å². The van der Waals surface area contributed by atoms with Gasteiger partial charge in [0.1, 0.15) is 0 Å². The van der Waals surface area contributed by atoms with Crippen molar-refractivity contribution in [2.45, 2.75) is 17.0 Å². The number of aromatic nitrogens is 2. The lowest BCUT2D eigenvalue weighted by Crippen LogP contribution is -1.92. The SMILES string of the molecule is Cc1ccc(Nc2nnc(SCc3ccc4c(c3)OCO4)s2)cc1. The molecule has 3 aromatic rings. The first kappa shape index (κ1) is 15.3. The molecule has 122 valence electrons. The van der Waals surface area contributed by atoms with Gasteiger partial charge in [-0.05, 0) is 36.8 Å². The van der Waals surface area contributed by atoms with E-state index < -0.39 is 0 Å². The van der Waals surface area contributed by atoms with Gasteiger partial charge in [0, 0.05) is 11.4 Å². The molecule has 2 aromatic carbocycles. The smallest absolute Gasteiger partial charge is 0.231 e. The van der Waals surface area contributed by atoms with Crippen LogP contribution in [0.3, 0.4) is 0 Å². The van der Waals surface area contributed by atoms with E-state index in [0.717, 1.165) is 32.4 Å². The number of nitrogens with one attached hydrogen (secondary N) is 1. The molecule has 0 radical (unpaired) electrons. The number of benzene rings is 2. The first-order valence-electron chi connectivity index (χ1n) is 7.45. The van der Waals surface area contributed by atoms with Crippen LogP contribution in [0.15, 0.2) is 46.8 Å². The molecule has 4 rings (SSSR count). The van der Waals surface area contributed by atoms with Gasteiger partial charge < -0.3 is 14.8 Å². The molecule has 0 aliphatic carbocycles. The Bertz CT molecular complexity index is 849. The quantitative estimate of drug-likeness (QED) is 0.673. The van der Waals surface area contributed by atoms with Crippen LogP contribution >= 0.6 is 23.1 Å². The summed E-state index contributed by atoms with van der Waals surface area (Å²) in [7, 11) is 0. The molecule has 5 nitrogen and oxygen atoms in total. The summed E-state index contributed by atoms with van der Waals surface area (Å²) in [5, 5.41) is 12.5. The van der Waals surface area contributed by atoms with Crippen molar-refractivity contribution < 1.29 is 9.47 Å². The maximum absolute atomic E-state index is 5.40. The number of hydrogen-bond acceptors (Lipinski definition) is 7. The van der Waals surface area contributed by atoms with Crippen molar-refractivity contribution in [1.29, 1.82) is 0 Å². The third-order valence-electron chi connectivity index (χ3n) is 3.51. The molecule has 1 N–H and O–H groups in total. The lowest BCUT2D eigenvalue weighted by molar-refractivity contribution is 0.174. The maximum Gasteiger partial charge on any atom is 0.231 e. The average Bonchev–Trinajstić information content (AvgIpc) is 3.23. The molecule has 2 heterocycles. The predicted molar refractivity (Wildman–Crippen MR) is 96.5 cm³/mol. The zero-order valence-electron chi connectivity index (χ0n) is 13.0. The summed E-state index contributed by atoms with van der Waals surface area (Å²) in [6, 6.07) is 14.2. The first-order chi connectivity index (χ1) is 11.8. The Morgan fingerprint density at radius 3 is 2.79 bits per heavy atom. The number of ether oxygens (including phenoxy) is 2. The number of nitrogens with zero attached hydrogens (tertiary/aromatic N) is 2. The molecular weight excluding hydrogens is 342 g/mol. The first-order valence-corrected chi connectivity index (χ1v) is 9.25. The number of fused-ring (bicyclic) bond motifs is 1. The van der Waals surface area contributed by atoms with E-state index in [9.17, 15) is 0 Å². The number of aryl methyl sites for hydroxylation is 1. The van der Waals surface area contributed by atoms with Crippen molar-refractivity contribution >= 4 is 33.9 Å². The van der Waals surface area contributed by atoms with Gasteiger partial charge in [0.25, 0.3) is 0 Å². The fourth-order valence-corrected chi connectivity index (χ4v) is 3.97. The fourth-order valence-electron chi connectivity index (χ4n) is 2.25. The van der Waals surface area contributed by atoms with Crippen molar-refractivity contribution in [2.24, 2.45) is 0 Å². The minimum absolute atomic E-state index is 0.302. The summed E-state index contributed by atoms with van der Waals surface area (Å²) >= 11 is 3.21. The summed E-state index contributed by atoms with van der Waals surface area (Å²) in [6.45, 7) is 2.37. The van der Waals surface area contributed by atoms with Crippen LogP contribution in [0.4, 0.5) is 10.8 Å². The summed E-state index contributed by atoms with van der Waals surface area (Å²) in [6.07, 6.45) is 0. The van der Waals surface area contributed by atoms with Gasteiger partial charge in [-0.25, -0.2) is 0 Å². The van der Waals surface area contributed by atoms with Gasteiger partial charge in [0.05, 0.1) is 0 Å². The second-order valence-corrected chi connectivity index (χ2v) is 7.54. The molecule has 0 saturated heterocycles. The van der Waals surface area contributed by atoms with Gasteiger partial charge >= 0.3 is 0 Å². The Morgan fingerprint density at radius 2 is 1.92 bits per heavy atom. The van der Waals surface area contributed by atoms with E-state index in [0.29, 0.717) is 6.79 Å². The fraction of sp³-hybridized carbons (Fsp3) is 0.176. The molecule has 0 fully saturated rings. The zero-order valence-corrected chi connectivity index (χ0v) is 14.6. The summed E-state index contributed by atoms with van der Waals surface area (Å²) in [4.78, 5) is 0. The Balaban J connectivity index is 1.37. The molecule has 0 unspecified atom stereocenters. The molecule has 0 bridgehead atoms. The Hall–Kier alpha value is -2.25. The highest BCUT2D eigenvalue weighted by Gasteiger charge is 2.13. The summed E-state index contributed by atoms with van der Waals surface area (Å²) < 4.78 is 11.7. The Labute approximate surface area is 148 Å². The largest absolute Gasteiger partial charge is 0.454 e. The van der Waals surface area contributed by atoms with E-state index in [4.69, 9.17) is 9.47 Å².